The topological polar surface area (TPSA) is 20.0 Å². The second-order valence-electron chi connectivity index (χ2n) is 4.86. The van der Waals surface area contributed by atoms with Crippen molar-refractivity contribution in [3.8, 4) is 0 Å². The van der Waals surface area contributed by atoms with Crippen molar-refractivity contribution in [1.29, 1.82) is 0 Å². The summed E-state index contributed by atoms with van der Waals surface area (Å²) in [6.07, 6.45) is 1.96. The average Bonchev–Trinajstić information content (AvgIpc) is 2.88. The van der Waals surface area contributed by atoms with Gasteiger partial charge in [-0.15, -0.1) is 0 Å². The van der Waals surface area contributed by atoms with Crippen LogP contribution >= 0.6 is 0 Å². The maximum Gasteiger partial charge on any atom is 0.178 e. The van der Waals surface area contributed by atoms with E-state index in [1.807, 2.05) is 12.4 Å². The fourth-order valence-corrected chi connectivity index (χ4v) is 2.33. The highest BCUT2D eigenvalue weighted by Gasteiger charge is 2.18. The summed E-state index contributed by atoms with van der Waals surface area (Å²) in [6, 6.07) is 21.0. The number of hydrogen-bond donors (Lipinski definition) is 1. The van der Waals surface area contributed by atoms with Crippen molar-refractivity contribution in [2.45, 2.75) is 13.1 Å². The molecule has 1 aliphatic heterocycles. The lowest BCUT2D eigenvalue weighted by Crippen LogP contribution is -3.05. The fraction of sp³-hybridized carbons (Fsp3) is 0.188. The van der Waals surface area contributed by atoms with Gasteiger partial charge in [0.15, 0.2) is 13.0 Å². The van der Waals surface area contributed by atoms with Crippen molar-refractivity contribution in [1.82, 2.24) is 4.90 Å². The van der Waals surface area contributed by atoms with E-state index >= 15 is 0 Å². The lowest BCUT2D eigenvalue weighted by Gasteiger charge is -2.14. The van der Waals surface area contributed by atoms with E-state index in [1.54, 1.807) is 0 Å². The summed E-state index contributed by atoms with van der Waals surface area (Å²) in [7, 11) is 0. The maximum absolute atomic E-state index is 4.53. The highest BCUT2D eigenvalue weighted by atomic mass is 35.5. The molecular weight excluding hydrogens is 270 g/mol. The molecule has 20 heavy (non-hydrogen) atoms. The molecule has 0 fully saturated rings. The fourth-order valence-electron chi connectivity index (χ4n) is 2.33. The van der Waals surface area contributed by atoms with Crippen LogP contribution in [0.2, 0.25) is 0 Å². The molecule has 4 heteroatoms. The summed E-state index contributed by atoms with van der Waals surface area (Å²) in [5.41, 5.74) is 2.66. The van der Waals surface area contributed by atoms with Gasteiger partial charge >= 0.3 is 0 Å². The lowest BCUT2D eigenvalue weighted by atomic mass is 10.2. The van der Waals surface area contributed by atoms with E-state index in [2.05, 4.69) is 64.6 Å². The van der Waals surface area contributed by atoms with Crippen molar-refractivity contribution >= 4 is 6.34 Å². The number of benzene rings is 2. The Morgan fingerprint density at radius 2 is 1.50 bits per heavy atom. The molecule has 104 valence electrons. The van der Waals surface area contributed by atoms with Crippen molar-refractivity contribution in [3.63, 3.8) is 0 Å². The van der Waals surface area contributed by atoms with Crippen LogP contribution in [-0.4, -0.2) is 17.9 Å². The Kier molecular flexibility index (Phi) is 5.16. The molecule has 2 aromatic carbocycles. The van der Waals surface area contributed by atoms with Gasteiger partial charge in [-0.05, 0) is 5.56 Å². The number of quaternary nitrogens is 1. The molecule has 0 saturated heterocycles. The summed E-state index contributed by atoms with van der Waals surface area (Å²) in [4.78, 5) is 2.26. The SMILES string of the molecule is C1=N[NH+](Cc2ccccc2)CN1Cc1ccccc1.[Cl-]. The van der Waals surface area contributed by atoms with Gasteiger partial charge in [-0.2, -0.15) is 5.01 Å². The second-order valence-corrected chi connectivity index (χ2v) is 4.86. The van der Waals surface area contributed by atoms with Gasteiger partial charge in [0.1, 0.15) is 6.54 Å². The van der Waals surface area contributed by atoms with Gasteiger partial charge in [0.2, 0.25) is 0 Å². The van der Waals surface area contributed by atoms with E-state index in [9.17, 15) is 0 Å². The molecule has 0 amide bonds. The van der Waals surface area contributed by atoms with Gasteiger partial charge in [-0.3, -0.25) is 0 Å². The molecule has 1 N–H and O–H groups in total. The number of hydrogen-bond acceptors (Lipinski definition) is 2. The van der Waals surface area contributed by atoms with Crippen LogP contribution in [0.15, 0.2) is 65.8 Å². The number of halogens is 1. The standard InChI is InChI=1S/C16H17N3.ClH/c1-3-7-15(8-4-1)11-18-13-17-19(14-18)12-16-9-5-2-6-10-16;/h1-10,13H,11-12,14H2;1H. The molecule has 0 spiro atoms. The molecule has 0 aliphatic carbocycles. The largest absolute Gasteiger partial charge is 1.00 e. The third-order valence-electron chi connectivity index (χ3n) is 3.27. The highest BCUT2D eigenvalue weighted by Crippen LogP contribution is 2.03. The third-order valence-corrected chi connectivity index (χ3v) is 3.27. The zero-order chi connectivity index (χ0) is 12.9. The molecule has 1 atom stereocenters. The van der Waals surface area contributed by atoms with E-state index in [0.29, 0.717) is 0 Å². The van der Waals surface area contributed by atoms with Crippen LogP contribution < -0.4 is 17.4 Å². The van der Waals surface area contributed by atoms with Crippen molar-refractivity contribution in [2.24, 2.45) is 5.10 Å². The van der Waals surface area contributed by atoms with Crippen LogP contribution in [0.5, 0.6) is 0 Å². The molecule has 1 unspecified atom stereocenters. The van der Waals surface area contributed by atoms with Crippen molar-refractivity contribution < 1.29 is 17.4 Å². The number of nitrogens with zero attached hydrogens (tertiary/aromatic N) is 2. The Balaban J connectivity index is 0.00000147. The zero-order valence-corrected chi connectivity index (χ0v) is 12.0. The minimum atomic E-state index is 0. The van der Waals surface area contributed by atoms with Gasteiger partial charge in [0.25, 0.3) is 0 Å². The third kappa shape index (κ3) is 3.83. The van der Waals surface area contributed by atoms with Gasteiger partial charge in [-0.1, -0.05) is 65.8 Å². The highest BCUT2D eigenvalue weighted by molar-refractivity contribution is 5.54. The smallest absolute Gasteiger partial charge is 0.178 e. The van der Waals surface area contributed by atoms with Crippen LogP contribution in [0.3, 0.4) is 0 Å². The number of rotatable bonds is 4. The summed E-state index contributed by atoms with van der Waals surface area (Å²) in [5.74, 6) is 0. The van der Waals surface area contributed by atoms with Gasteiger partial charge < -0.3 is 17.3 Å². The summed E-state index contributed by atoms with van der Waals surface area (Å²) < 4.78 is 0. The monoisotopic (exact) mass is 287 g/mol. The molecule has 3 rings (SSSR count). The molecule has 0 bridgehead atoms. The zero-order valence-electron chi connectivity index (χ0n) is 11.2. The van der Waals surface area contributed by atoms with Crippen LogP contribution in [0.4, 0.5) is 0 Å². The summed E-state index contributed by atoms with van der Waals surface area (Å²) in [5, 5.41) is 5.76. The van der Waals surface area contributed by atoms with Gasteiger partial charge in [-0.25, -0.2) is 0 Å². The first-order chi connectivity index (χ1) is 9.40. The minimum Gasteiger partial charge on any atom is -1.00 e. The quantitative estimate of drug-likeness (QED) is 0.725. The van der Waals surface area contributed by atoms with E-state index in [4.69, 9.17) is 0 Å². The van der Waals surface area contributed by atoms with E-state index in [-0.39, 0.29) is 12.4 Å². The first kappa shape index (κ1) is 14.6. The normalized spacial score (nSPS) is 17.0. The van der Waals surface area contributed by atoms with Crippen molar-refractivity contribution in [3.05, 3.63) is 71.8 Å². The summed E-state index contributed by atoms with van der Waals surface area (Å²) in [6.45, 7) is 2.81. The van der Waals surface area contributed by atoms with E-state index in [0.717, 1.165) is 19.8 Å². The Morgan fingerprint density at radius 1 is 0.900 bits per heavy atom. The molecule has 1 aliphatic rings. The molecule has 3 nitrogen and oxygen atoms in total. The molecule has 1 heterocycles. The Morgan fingerprint density at radius 3 is 2.15 bits per heavy atom. The maximum atomic E-state index is 4.53. The minimum absolute atomic E-state index is 0. The average molecular weight is 288 g/mol. The van der Waals surface area contributed by atoms with Gasteiger partial charge in [0.05, 0.1) is 0 Å². The Labute approximate surface area is 125 Å². The van der Waals surface area contributed by atoms with E-state index in [1.165, 1.54) is 16.1 Å². The molecular formula is C16H18ClN3. The van der Waals surface area contributed by atoms with Gasteiger partial charge in [0, 0.05) is 12.1 Å². The van der Waals surface area contributed by atoms with E-state index < -0.39 is 0 Å². The Hall–Kier alpha value is -1.84. The molecule has 0 saturated carbocycles. The lowest BCUT2D eigenvalue weighted by molar-refractivity contribution is -0.921. The number of nitrogens with one attached hydrogen (secondary N) is 1. The first-order valence-electron chi connectivity index (χ1n) is 6.61. The van der Waals surface area contributed by atoms with Crippen LogP contribution in [0, 0.1) is 0 Å². The van der Waals surface area contributed by atoms with Crippen molar-refractivity contribution in [2.75, 3.05) is 6.67 Å². The predicted octanol–water partition coefficient (Wildman–Crippen LogP) is -1.51. The Bertz CT molecular complexity index is 493. The summed E-state index contributed by atoms with van der Waals surface area (Å²) >= 11 is 0. The predicted molar refractivity (Wildman–Crippen MR) is 76.5 cm³/mol. The van der Waals surface area contributed by atoms with Crippen LogP contribution in [0.1, 0.15) is 11.1 Å². The van der Waals surface area contributed by atoms with Crippen LogP contribution in [0.25, 0.3) is 0 Å². The molecule has 0 radical (unpaired) electrons. The molecule has 2 aromatic rings. The molecule has 0 aromatic heterocycles. The first-order valence-corrected chi connectivity index (χ1v) is 6.61. The van der Waals surface area contributed by atoms with Crippen LogP contribution in [-0.2, 0) is 13.1 Å². The second kappa shape index (κ2) is 7.08.